The van der Waals surface area contributed by atoms with Gasteiger partial charge >= 0.3 is 0 Å². The van der Waals surface area contributed by atoms with Crippen molar-refractivity contribution in [3.63, 3.8) is 0 Å². The number of aromatic nitrogens is 1. The minimum atomic E-state index is -0.711. The maximum atomic E-state index is 9.95. The Kier molecular flexibility index (Phi) is 4.28. The SMILES string of the molecule is Cc1cc(OCCC2(O)COC2)nc(N2CCOCC2)c1. The number of aryl methyl sites for hydroxylation is 1. The second-order valence-corrected chi connectivity index (χ2v) is 5.76. The van der Waals surface area contributed by atoms with Crippen LogP contribution in [0.4, 0.5) is 5.82 Å². The summed E-state index contributed by atoms with van der Waals surface area (Å²) in [5.74, 6) is 1.54. The van der Waals surface area contributed by atoms with E-state index in [1.165, 1.54) is 0 Å². The van der Waals surface area contributed by atoms with Gasteiger partial charge < -0.3 is 24.2 Å². The van der Waals surface area contributed by atoms with E-state index in [4.69, 9.17) is 14.2 Å². The minimum Gasteiger partial charge on any atom is -0.477 e. The molecule has 0 radical (unpaired) electrons. The molecule has 2 aliphatic rings. The monoisotopic (exact) mass is 294 g/mol. The van der Waals surface area contributed by atoms with Gasteiger partial charge in [-0.3, -0.25) is 0 Å². The molecule has 1 N–H and O–H groups in total. The van der Waals surface area contributed by atoms with E-state index in [-0.39, 0.29) is 0 Å². The molecule has 3 heterocycles. The Morgan fingerprint density at radius 2 is 2.05 bits per heavy atom. The van der Waals surface area contributed by atoms with Crippen LogP contribution in [0, 0.1) is 6.92 Å². The van der Waals surface area contributed by atoms with E-state index < -0.39 is 5.60 Å². The van der Waals surface area contributed by atoms with Crippen molar-refractivity contribution in [2.75, 3.05) is 51.0 Å². The van der Waals surface area contributed by atoms with E-state index in [0.29, 0.717) is 32.1 Å². The number of morpholine rings is 1. The van der Waals surface area contributed by atoms with Crippen molar-refractivity contribution in [2.45, 2.75) is 18.9 Å². The van der Waals surface area contributed by atoms with Gasteiger partial charge in [-0.25, -0.2) is 0 Å². The lowest BCUT2D eigenvalue weighted by atomic mass is 9.99. The van der Waals surface area contributed by atoms with Crippen LogP contribution in [0.1, 0.15) is 12.0 Å². The molecule has 0 amide bonds. The standard InChI is InChI=1S/C15H22N2O4/c1-12-8-13(17-3-6-19-7-4-17)16-14(9-12)21-5-2-15(18)10-20-11-15/h8-9,18H,2-7,10-11H2,1H3. The molecule has 2 aliphatic heterocycles. The van der Waals surface area contributed by atoms with Gasteiger partial charge in [-0.1, -0.05) is 0 Å². The first-order chi connectivity index (χ1) is 10.1. The van der Waals surface area contributed by atoms with E-state index >= 15 is 0 Å². The number of aliphatic hydroxyl groups is 1. The molecule has 0 bridgehead atoms. The van der Waals surface area contributed by atoms with Crippen LogP contribution < -0.4 is 9.64 Å². The van der Waals surface area contributed by atoms with Crippen LogP contribution in [-0.4, -0.2) is 61.8 Å². The molecule has 6 heteroatoms. The van der Waals surface area contributed by atoms with Crippen molar-refractivity contribution in [2.24, 2.45) is 0 Å². The van der Waals surface area contributed by atoms with Crippen molar-refractivity contribution >= 4 is 5.82 Å². The smallest absolute Gasteiger partial charge is 0.215 e. The van der Waals surface area contributed by atoms with Gasteiger partial charge in [0.25, 0.3) is 0 Å². The fourth-order valence-electron chi connectivity index (χ4n) is 2.47. The molecule has 0 atom stereocenters. The third kappa shape index (κ3) is 3.64. The fourth-order valence-corrected chi connectivity index (χ4v) is 2.47. The largest absolute Gasteiger partial charge is 0.477 e. The second-order valence-electron chi connectivity index (χ2n) is 5.76. The zero-order chi connectivity index (χ0) is 14.7. The molecular weight excluding hydrogens is 272 g/mol. The zero-order valence-corrected chi connectivity index (χ0v) is 12.4. The molecule has 0 spiro atoms. The summed E-state index contributed by atoms with van der Waals surface area (Å²) in [6.45, 7) is 6.45. The summed E-state index contributed by atoms with van der Waals surface area (Å²) in [6, 6.07) is 3.98. The van der Waals surface area contributed by atoms with Crippen LogP contribution in [0.15, 0.2) is 12.1 Å². The summed E-state index contributed by atoms with van der Waals surface area (Å²) in [5, 5.41) is 9.95. The van der Waals surface area contributed by atoms with E-state index in [1.54, 1.807) is 0 Å². The first-order valence-corrected chi connectivity index (χ1v) is 7.39. The maximum absolute atomic E-state index is 9.95. The Labute approximate surface area is 124 Å². The maximum Gasteiger partial charge on any atom is 0.215 e. The topological polar surface area (TPSA) is 64.0 Å². The third-order valence-electron chi connectivity index (χ3n) is 3.83. The molecule has 1 aromatic rings. The van der Waals surface area contributed by atoms with Gasteiger partial charge in [0.2, 0.25) is 5.88 Å². The molecule has 0 aliphatic carbocycles. The molecule has 2 fully saturated rings. The first kappa shape index (κ1) is 14.6. The van der Waals surface area contributed by atoms with E-state index in [1.807, 2.05) is 13.0 Å². The Bertz CT molecular complexity index is 485. The highest BCUT2D eigenvalue weighted by atomic mass is 16.5. The minimum absolute atomic E-state index is 0.399. The number of hydrogen-bond donors (Lipinski definition) is 1. The molecule has 21 heavy (non-hydrogen) atoms. The number of rotatable bonds is 5. The van der Waals surface area contributed by atoms with Gasteiger partial charge in [0.1, 0.15) is 11.4 Å². The lowest BCUT2D eigenvalue weighted by molar-refractivity contribution is -0.184. The fraction of sp³-hybridized carbons (Fsp3) is 0.667. The number of hydrogen-bond acceptors (Lipinski definition) is 6. The molecule has 3 rings (SSSR count). The van der Waals surface area contributed by atoms with Crippen molar-refractivity contribution < 1.29 is 19.3 Å². The van der Waals surface area contributed by atoms with Gasteiger partial charge in [0.15, 0.2) is 0 Å². The Balaban J connectivity index is 1.60. The summed E-state index contributed by atoms with van der Waals surface area (Å²) in [7, 11) is 0. The van der Waals surface area contributed by atoms with Crippen LogP contribution in [0.3, 0.4) is 0 Å². The van der Waals surface area contributed by atoms with E-state index in [0.717, 1.165) is 37.7 Å². The number of nitrogens with zero attached hydrogens (tertiary/aromatic N) is 2. The molecule has 1 aromatic heterocycles. The van der Waals surface area contributed by atoms with Crippen molar-refractivity contribution in [1.82, 2.24) is 4.98 Å². The third-order valence-corrected chi connectivity index (χ3v) is 3.83. The van der Waals surface area contributed by atoms with Crippen LogP contribution in [0.5, 0.6) is 5.88 Å². The zero-order valence-electron chi connectivity index (χ0n) is 12.4. The second kappa shape index (κ2) is 6.17. The van der Waals surface area contributed by atoms with Crippen LogP contribution in [0.2, 0.25) is 0 Å². The van der Waals surface area contributed by atoms with E-state index in [2.05, 4.69) is 16.0 Å². The Hall–Kier alpha value is -1.37. The van der Waals surface area contributed by atoms with Crippen LogP contribution >= 0.6 is 0 Å². The number of pyridine rings is 1. The van der Waals surface area contributed by atoms with Gasteiger partial charge in [-0.2, -0.15) is 4.98 Å². The molecule has 0 aromatic carbocycles. The average molecular weight is 294 g/mol. The highest BCUT2D eigenvalue weighted by molar-refractivity contribution is 5.44. The highest BCUT2D eigenvalue weighted by Crippen LogP contribution is 2.23. The summed E-state index contributed by atoms with van der Waals surface area (Å²) in [5.41, 5.74) is 0.406. The normalized spacial score (nSPS) is 21.0. The van der Waals surface area contributed by atoms with Crippen molar-refractivity contribution in [1.29, 1.82) is 0 Å². The lowest BCUT2D eigenvalue weighted by Gasteiger charge is -2.36. The number of ether oxygens (including phenoxy) is 3. The predicted octanol–water partition coefficient (Wildman–Crippen LogP) is 0.757. The van der Waals surface area contributed by atoms with Gasteiger partial charge in [0, 0.05) is 25.6 Å². The molecule has 0 saturated carbocycles. The summed E-state index contributed by atoms with van der Waals surface area (Å²) in [4.78, 5) is 6.76. The van der Waals surface area contributed by atoms with Crippen LogP contribution in [-0.2, 0) is 9.47 Å². The molecule has 6 nitrogen and oxygen atoms in total. The summed E-state index contributed by atoms with van der Waals surface area (Å²) >= 11 is 0. The van der Waals surface area contributed by atoms with Gasteiger partial charge in [0.05, 0.1) is 33.0 Å². The highest BCUT2D eigenvalue weighted by Gasteiger charge is 2.35. The van der Waals surface area contributed by atoms with Crippen molar-refractivity contribution in [3.05, 3.63) is 17.7 Å². The van der Waals surface area contributed by atoms with Gasteiger partial charge in [-0.15, -0.1) is 0 Å². The molecular formula is C15H22N2O4. The van der Waals surface area contributed by atoms with Crippen LogP contribution in [0.25, 0.3) is 0 Å². The quantitative estimate of drug-likeness (QED) is 0.865. The summed E-state index contributed by atoms with van der Waals surface area (Å²) < 4.78 is 16.1. The number of anilines is 1. The average Bonchev–Trinajstić information content (AvgIpc) is 2.46. The van der Waals surface area contributed by atoms with E-state index in [9.17, 15) is 5.11 Å². The molecule has 2 saturated heterocycles. The van der Waals surface area contributed by atoms with Crippen molar-refractivity contribution in [3.8, 4) is 5.88 Å². The lowest BCUT2D eigenvalue weighted by Crippen LogP contribution is -2.50. The first-order valence-electron chi connectivity index (χ1n) is 7.39. The molecule has 116 valence electrons. The Morgan fingerprint density at radius 3 is 2.71 bits per heavy atom. The summed E-state index contributed by atoms with van der Waals surface area (Å²) in [6.07, 6.45) is 0.565. The predicted molar refractivity (Wildman–Crippen MR) is 77.9 cm³/mol. The molecule has 0 unspecified atom stereocenters. The van der Waals surface area contributed by atoms with Gasteiger partial charge in [-0.05, 0) is 18.6 Å². The Morgan fingerprint density at radius 1 is 1.29 bits per heavy atom.